The van der Waals surface area contributed by atoms with Crippen LogP contribution in [0.5, 0.6) is 5.75 Å². The highest BCUT2D eigenvalue weighted by Crippen LogP contribution is 2.28. The minimum Gasteiger partial charge on any atom is -0.491 e. The molecule has 2 N–H and O–H groups in total. The van der Waals surface area contributed by atoms with E-state index in [1.807, 2.05) is 11.8 Å². The maximum absolute atomic E-state index is 12.8. The van der Waals surface area contributed by atoms with Crippen LogP contribution in [0.2, 0.25) is 0 Å². The third kappa shape index (κ3) is 3.37. The average molecular weight is 334 g/mol. The molecule has 2 atom stereocenters. The zero-order valence-corrected chi connectivity index (χ0v) is 13.7. The highest BCUT2D eigenvalue weighted by molar-refractivity contribution is 5.93. The van der Waals surface area contributed by atoms with E-state index in [-0.39, 0.29) is 17.9 Å². The van der Waals surface area contributed by atoms with Gasteiger partial charge in [-0.2, -0.15) is 0 Å². The monoisotopic (exact) mass is 334 g/mol. The Morgan fingerprint density at radius 2 is 2.17 bits per heavy atom. The fourth-order valence-electron chi connectivity index (χ4n) is 3.13. The van der Waals surface area contributed by atoms with Gasteiger partial charge in [0, 0.05) is 24.3 Å². The molecule has 2 amide bonds. The Hall–Kier alpha value is -2.12. The van der Waals surface area contributed by atoms with Crippen LogP contribution in [-0.4, -0.2) is 47.8 Å². The molecule has 0 saturated carbocycles. The smallest absolute Gasteiger partial charge is 0.274 e. The van der Waals surface area contributed by atoms with Crippen LogP contribution in [0.1, 0.15) is 35.7 Å². The molecule has 7 nitrogen and oxygen atoms in total. The Balaban J connectivity index is 1.81. The average Bonchev–Trinajstić information content (AvgIpc) is 2.80. The zero-order chi connectivity index (χ0) is 17.1. The van der Waals surface area contributed by atoms with Crippen molar-refractivity contribution >= 4 is 11.8 Å². The number of hydroxylamine groups is 1. The van der Waals surface area contributed by atoms with Crippen LogP contribution < -0.4 is 10.2 Å². The van der Waals surface area contributed by atoms with Crippen LogP contribution in [0.3, 0.4) is 0 Å². The Labute approximate surface area is 140 Å². The standard InChI is InChI=1S/C17H22N2O5/c1-11-9-24-15-7-12(16(20)18-22)4-5-13(15)8-19(11)17(21)14-3-2-6-23-10-14/h4-5,7,11,14,22H,2-3,6,8-10H2,1H3,(H,18,20)/t11?,14-/m1/s1. The van der Waals surface area contributed by atoms with E-state index in [0.29, 0.717) is 31.1 Å². The lowest BCUT2D eigenvalue weighted by molar-refractivity contribution is -0.142. The number of carbonyl (C=O) groups is 2. The van der Waals surface area contributed by atoms with Gasteiger partial charge in [-0.1, -0.05) is 6.07 Å². The normalized spacial score (nSPS) is 23.7. The van der Waals surface area contributed by atoms with E-state index in [4.69, 9.17) is 14.7 Å². The molecule has 0 bridgehead atoms. The van der Waals surface area contributed by atoms with Gasteiger partial charge in [-0.3, -0.25) is 14.8 Å². The topological polar surface area (TPSA) is 88.1 Å². The van der Waals surface area contributed by atoms with Crippen molar-refractivity contribution in [3.8, 4) is 5.75 Å². The lowest BCUT2D eigenvalue weighted by Gasteiger charge is -2.31. The van der Waals surface area contributed by atoms with Crippen molar-refractivity contribution < 1.29 is 24.3 Å². The van der Waals surface area contributed by atoms with Gasteiger partial charge in [0.1, 0.15) is 12.4 Å². The Kier molecular flexibility index (Phi) is 5.01. The van der Waals surface area contributed by atoms with Crippen molar-refractivity contribution in [2.24, 2.45) is 5.92 Å². The lowest BCUT2D eigenvalue weighted by atomic mass is 9.99. The summed E-state index contributed by atoms with van der Waals surface area (Å²) in [6.07, 6.45) is 1.76. The van der Waals surface area contributed by atoms with Crippen LogP contribution in [-0.2, 0) is 16.1 Å². The summed E-state index contributed by atoms with van der Waals surface area (Å²) in [5.41, 5.74) is 2.77. The quantitative estimate of drug-likeness (QED) is 0.629. The first-order valence-electron chi connectivity index (χ1n) is 8.18. The number of hydrogen-bond donors (Lipinski definition) is 2. The van der Waals surface area contributed by atoms with Gasteiger partial charge < -0.3 is 14.4 Å². The summed E-state index contributed by atoms with van der Waals surface area (Å²) in [6.45, 7) is 3.95. The first-order chi connectivity index (χ1) is 11.6. The van der Waals surface area contributed by atoms with E-state index < -0.39 is 5.91 Å². The largest absolute Gasteiger partial charge is 0.491 e. The molecule has 1 fully saturated rings. The lowest BCUT2D eigenvalue weighted by Crippen LogP contribution is -2.45. The zero-order valence-electron chi connectivity index (χ0n) is 13.7. The molecule has 0 aromatic heterocycles. The number of rotatable bonds is 2. The molecular weight excluding hydrogens is 312 g/mol. The summed E-state index contributed by atoms with van der Waals surface area (Å²) >= 11 is 0. The molecule has 1 unspecified atom stereocenters. The third-order valence-corrected chi connectivity index (χ3v) is 4.58. The van der Waals surface area contributed by atoms with Crippen LogP contribution in [0.25, 0.3) is 0 Å². The van der Waals surface area contributed by atoms with Crippen molar-refractivity contribution in [3.63, 3.8) is 0 Å². The van der Waals surface area contributed by atoms with Crippen LogP contribution >= 0.6 is 0 Å². The summed E-state index contributed by atoms with van der Waals surface area (Å²) in [6, 6.07) is 4.89. The molecule has 130 valence electrons. The Morgan fingerprint density at radius 3 is 2.88 bits per heavy atom. The molecule has 7 heteroatoms. The Bertz CT molecular complexity index is 627. The van der Waals surface area contributed by atoms with Crippen LogP contribution in [0.15, 0.2) is 18.2 Å². The van der Waals surface area contributed by atoms with E-state index in [2.05, 4.69) is 0 Å². The number of nitrogens with one attached hydrogen (secondary N) is 1. The minimum absolute atomic E-state index is 0.0676. The molecule has 2 aliphatic heterocycles. The van der Waals surface area contributed by atoms with E-state index >= 15 is 0 Å². The fraction of sp³-hybridized carbons (Fsp3) is 0.529. The molecule has 3 rings (SSSR count). The highest BCUT2D eigenvalue weighted by atomic mass is 16.5. The molecule has 1 saturated heterocycles. The second kappa shape index (κ2) is 7.19. The summed E-state index contributed by atoms with van der Waals surface area (Å²) in [5, 5.41) is 8.74. The van der Waals surface area contributed by atoms with Gasteiger partial charge in [0.25, 0.3) is 5.91 Å². The van der Waals surface area contributed by atoms with E-state index in [9.17, 15) is 9.59 Å². The van der Waals surface area contributed by atoms with Gasteiger partial charge in [-0.25, -0.2) is 5.48 Å². The van der Waals surface area contributed by atoms with E-state index in [0.717, 1.165) is 25.0 Å². The predicted octanol–water partition coefficient (Wildman–Crippen LogP) is 1.34. The van der Waals surface area contributed by atoms with Gasteiger partial charge in [0.05, 0.1) is 18.6 Å². The fourth-order valence-corrected chi connectivity index (χ4v) is 3.13. The summed E-state index contributed by atoms with van der Waals surface area (Å²) in [4.78, 5) is 26.2. The number of fused-ring (bicyclic) bond motifs is 1. The maximum Gasteiger partial charge on any atom is 0.274 e. The van der Waals surface area contributed by atoms with Crippen LogP contribution in [0, 0.1) is 5.92 Å². The second-order valence-electron chi connectivity index (χ2n) is 6.30. The third-order valence-electron chi connectivity index (χ3n) is 4.58. The number of nitrogens with zero attached hydrogens (tertiary/aromatic N) is 1. The highest BCUT2D eigenvalue weighted by Gasteiger charge is 2.32. The van der Waals surface area contributed by atoms with Crippen molar-refractivity contribution in [2.75, 3.05) is 19.8 Å². The van der Waals surface area contributed by atoms with Gasteiger partial charge in [-0.15, -0.1) is 0 Å². The Morgan fingerprint density at radius 1 is 1.33 bits per heavy atom. The number of amides is 2. The second-order valence-corrected chi connectivity index (χ2v) is 6.30. The van der Waals surface area contributed by atoms with E-state index in [1.165, 1.54) is 0 Å². The first kappa shape index (κ1) is 16.7. The first-order valence-corrected chi connectivity index (χ1v) is 8.18. The summed E-state index contributed by atoms with van der Waals surface area (Å²) in [7, 11) is 0. The molecule has 1 aromatic rings. The molecule has 2 aliphatic rings. The number of hydrogen-bond acceptors (Lipinski definition) is 5. The van der Waals surface area contributed by atoms with Gasteiger partial charge in [0.2, 0.25) is 5.91 Å². The molecule has 2 heterocycles. The maximum atomic E-state index is 12.8. The number of benzene rings is 1. The molecule has 0 radical (unpaired) electrons. The predicted molar refractivity (Wildman–Crippen MR) is 84.7 cm³/mol. The minimum atomic E-state index is -0.592. The van der Waals surface area contributed by atoms with Crippen molar-refractivity contribution in [3.05, 3.63) is 29.3 Å². The van der Waals surface area contributed by atoms with Crippen molar-refractivity contribution in [2.45, 2.75) is 32.4 Å². The molecular formula is C17H22N2O5. The van der Waals surface area contributed by atoms with Gasteiger partial charge in [-0.05, 0) is 31.9 Å². The van der Waals surface area contributed by atoms with Crippen molar-refractivity contribution in [1.82, 2.24) is 10.4 Å². The summed E-state index contributed by atoms with van der Waals surface area (Å²) in [5.74, 6) is -0.0258. The number of ether oxygens (including phenoxy) is 2. The van der Waals surface area contributed by atoms with Gasteiger partial charge >= 0.3 is 0 Å². The van der Waals surface area contributed by atoms with Crippen LogP contribution in [0.4, 0.5) is 0 Å². The van der Waals surface area contributed by atoms with Gasteiger partial charge in [0.15, 0.2) is 0 Å². The molecule has 24 heavy (non-hydrogen) atoms. The summed E-state index contributed by atoms with van der Waals surface area (Å²) < 4.78 is 11.2. The molecule has 1 aromatic carbocycles. The SMILES string of the molecule is CC1COc2cc(C(=O)NO)ccc2CN1C(=O)[C@@H]1CCCOC1. The van der Waals surface area contributed by atoms with Crippen molar-refractivity contribution in [1.29, 1.82) is 0 Å². The number of carbonyl (C=O) groups excluding carboxylic acids is 2. The van der Waals surface area contributed by atoms with E-state index in [1.54, 1.807) is 23.7 Å². The molecule has 0 aliphatic carbocycles. The molecule has 0 spiro atoms.